The highest BCUT2D eigenvalue weighted by Gasteiger charge is 2.00. The van der Waals surface area contributed by atoms with Crippen molar-refractivity contribution in [1.82, 2.24) is 0 Å². The summed E-state index contributed by atoms with van der Waals surface area (Å²) >= 11 is 0. The maximum atomic E-state index is 11.0. The van der Waals surface area contributed by atoms with E-state index in [1.165, 1.54) is 0 Å². The standard InChI is InChI=1S/C11H12O2/c12-9-8-11(13)7-6-10-4-2-1-3-5-10/h1-5,9H,6-8H2. The van der Waals surface area contributed by atoms with Crippen molar-refractivity contribution in [2.45, 2.75) is 19.3 Å². The van der Waals surface area contributed by atoms with Gasteiger partial charge in [-0.3, -0.25) is 4.79 Å². The minimum atomic E-state index is 0.0128. The predicted molar refractivity (Wildman–Crippen MR) is 50.5 cm³/mol. The molecule has 13 heavy (non-hydrogen) atoms. The summed E-state index contributed by atoms with van der Waals surface area (Å²) in [5.74, 6) is 0.0128. The van der Waals surface area contributed by atoms with Gasteiger partial charge in [0.1, 0.15) is 12.1 Å². The first kappa shape index (κ1) is 9.65. The van der Waals surface area contributed by atoms with Crippen LogP contribution in [-0.2, 0) is 16.0 Å². The number of aryl methyl sites for hydroxylation is 1. The van der Waals surface area contributed by atoms with Gasteiger partial charge in [-0.25, -0.2) is 0 Å². The lowest BCUT2D eigenvalue weighted by atomic mass is 10.1. The van der Waals surface area contributed by atoms with Crippen molar-refractivity contribution >= 4 is 12.1 Å². The number of carbonyl (C=O) groups is 2. The highest BCUT2D eigenvalue weighted by molar-refractivity contribution is 5.89. The molecule has 0 saturated carbocycles. The van der Waals surface area contributed by atoms with E-state index in [0.717, 1.165) is 12.0 Å². The second-order valence-electron chi connectivity index (χ2n) is 2.90. The van der Waals surface area contributed by atoms with Crippen molar-refractivity contribution in [2.75, 3.05) is 0 Å². The van der Waals surface area contributed by atoms with Gasteiger partial charge in [0, 0.05) is 6.42 Å². The topological polar surface area (TPSA) is 34.1 Å². The van der Waals surface area contributed by atoms with Crippen LogP contribution in [0.15, 0.2) is 30.3 Å². The molecule has 2 nitrogen and oxygen atoms in total. The molecule has 1 aromatic carbocycles. The second kappa shape index (κ2) is 5.25. The number of benzene rings is 1. The Morgan fingerprint density at radius 1 is 1.23 bits per heavy atom. The van der Waals surface area contributed by atoms with E-state index in [-0.39, 0.29) is 12.2 Å². The van der Waals surface area contributed by atoms with Crippen molar-refractivity contribution in [1.29, 1.82) is 0 Å². The first-order chi connectivity index (χ1) is 6.33. The van der Waals surface area contributed by atoms with E-state index in [9.17, 15) is 9.59 Å². The summed E-state index contributed by atoms with van der Waals surface area (Å²) in [6.45, 7) is 0. The third kappa shape index (κ3) is 3.65. The molecule has 2 heteroatoms. The van der Waals surface area contributed by atoms with Crippen LogP contribution in [0.4, 0.5) is 0 Å². The summed E-state index contributed by atoms with van der Waals surface area (Å²) in [6, 6.07) is 9.79. The number of Topliss-reactive ketones (excluding diaryl/α,β-unsaturated/α-hetero) is 1. The quantitative estimate of drug-likeness (QED) is 0.506. The minimum absolute atomic E-state index is 0.0128. The zero-order valence-electron chi connectivity index (χ0n) is 7.40. The van der Waals surface area contributed by atoms with Gasteiger partial charge in [0.15, 0.2) is 0 Å². The normalized spacial score (nSPS) is 9.54. The van der Waals surface area contributed by atoms with Gasteiger partial charge in [-0.05, 0) is 12.0 Å². The van der Waals surface area contributed by atoms with Crippen LogP contribution in [0.1, 0.15) is 18.4 Å². The molecule has 0 aliphatic rings. The monoisotopic (exact) mass is 176 g/mol. The van der Waals surface area contributed by atoms with Crippen LogP contribution >= 0.6 is 0 Å². The summed E-state index contributed by atoms with van der Waals surface area (Å²) in [4.78, 5) is 21.0. The minimum Gasteiger partial charge on any atom is -0.303 e. The third-order valence-electron chi connectivity index (χ3n) is 1.85. The number of ketones is 1. The smallest absolute Gasteiger partial charge is 0.140 e. The van der Waals surface area contributed by atoms with E-state index in [4.69, 9.17) is 0 Å². The molecule has 0 spiro atoms. The van der Waals surface area contributed by atoms with E-state index >= 15 is 0 Å². The highest BCUT2D eigenvalue weighted by atomic mass is 16.1. The highest BCUT2D eigenvalue weighted by Crippen LogP contribution is 2.03. The molecular weight excluding hydrogens is 164 g/mol. The maximum Gasteiger partial charge on any atom is 0.140 e. The van der Waals surface area contributed by atoms with Crippen molar-refractivity contribution < 1.29 is 9.59 Å². The number of hydrogen-bond donors (Lipinski definition) is 0. The number of hydrogen-bond acceptors (Lipinski definition) is 2. The lowest BCUT2D eigenvalue weighted by molar-refractivity contribution is -0.122. The molecule has 0 saturated heterocycles. The van der Waals surface area contributed by atoms with Crippen molar-refractivity contribution in [3.05, 3.63) is 35.9 Å². The lowest BCUT2D eigenvalue weighted by Gasteiger charge is -1.97. The van der Waals surface area contributed by atoms with E-state index < -0.39 is 0 Å². The molecule has 0 amide bonds. The van der Waals surface area contributed by atoms with Gasteiger partial charge in [0.2, 0.25) is 0 Å². The molecule has 0 radical (unpaired) electrons. The lowest BCUT2D eigenvalue weighted by Crippen LogP contribution is -2.00. The van der Waals surface area contributed by atoms with E-state index in [0.29, 0.717) is 12.7 Å². The van der Waals surface area contributed by atoms with Crippen LogP contribution in [0.5, 0.6) is 0 Å². The zero-order valence-corrected chi connectivity index (χ0v) is 7.40. The van der Waals surface area contributed by atoms with Crippen LogP contribution in [0.3, 0.4) is 0 Å². The Balaban J connectivity index is 2.35. The Bertz CT molecular complexity index is 277. The molecule has 0 N–H and O–H groups in total. The molecule has 0 aromatic heterocycles. The van der Waals surface area contributed by atoms with Crippen molar-refractivity contribution in [2.24, 2.45) is 0 Å². The fourth-order valence-electron chi connectivity index (χ4n) is 1.12. The Kier molecular flexibility index (Phi) is 3.89. The largest absolute Gasteiger partial charge is 0.303 e. The van der Waals surface area contributed by atoms with Gasteiger partial charge in [-0.2, -0.15) is 0 Å². The van der Waals surface area contributed by atoms with E-state index in [1.807, 2.05) is 30.3 Å². The Morgan fingerprint density at radius 3 is 2.54 bits per heavy atom. The molecule has 0 unspecified atom stereocenters. The van der Waals surface area contributed by atoms with Crippen LogP contribution < -0.4 is 0 Å². The van der Waals surface area contributed by atoms with Gasteiger partial charge in [-0.15, -0.1) is 0 Å². The van der Waals surface area contributed by atoms with E-state index in [2.05, 4.69) is 0 Å². The molecule has 0 heterocycles. The second-order valence-corrected chi connectivity index (χ2v) is 2.90. The molecule has 1 aromatic rings. The van der Waals surface area contributed by atoms with Crippen molar-refractivity contribution in [3.8, 4) is 0 Å². The first-order valence-corrected chi connectivity index (χ1v) is 4.32. The molecule has 0 aliphatic heterocycles. The average molecular weight is 176 g/mol. The average Bonchev–Trinajstić information content (AvgIpc) is 2.17. The first-order valence-electron chi connectivity index (χ1n) is 4.32. The molecule has 0 atom stereocenters. The van der Waals surface area contributed by atoms with Crippen molar-refractivity contribution in [3.63, 3.8) is 0 Å². The summed E-state index contributed by atoms with van der Waals surface area (Å²) in [5.41, 5.74) is 1.14. The van der Waals surface area contributed by atoms with Crippen LogP contribution in [0.25, 0.3) is 0 Å². The van der Waals surface area contributed by atoms with Gasteiger partial charge < -0.3 is 4.79 Å². The Morgan fingerprint density at radius 2 is 1.92 bits per heavy atom. The number of rotatable bonds is 5. The van der Waals surface area contributed by atoms with Gasteiger partial charge in [-0.1, -0.05) is 30.3 Å². The fraction of sp³-hybridized carbons (Fsp3) is 0.273. The van der Waals surface area contributed by atoms with Gasteiger partial charge in [0.25, 0.3) is 0 Å². The fourth-order valence-corrected chi connectivity index (χ4v) is 1.12. The van der Waals surface area contributed by atoms with Gasteiger partial charge in [0.05, 0.1) is 6.42 Å². The van der Waals surface area contributed by atoms with Gasteiger partial charge >= 0.3 is 0 Å². The molecule has 0 fully saturated rings. The maximum absolute atomic E-state index is 11.0. The molecule has 68 valence electrons. The van der Waals surface area contributed by atoms with Crippen LogP contribution in [-0.4, -0.2) is 12.1 Å². The molecular formula is C11H12O2. The molecule has 0 aliphatic carbocycles. The van der Waals surface area contributed by atoms with Crippen LogP contribution in [0, 0.1) is 0 Å². The Hall–Kier alpha value is -1.44. The number of carbonyl (C=O) groups excluding carboxylic acids is 2. The SMILES string of the molecule is O=CCC(=O)CCc1ccccc1. The molecule has 0 bridgehead atoms. The summed E-state index contributed by atoms with van der Waals surface area (Å²) in [7, 11) is 0. The van der Waals surface area contributed by atoms with E-state index in [1.54, 1.807) is 0 Å². The van der Waals surface area contributed by atoms with Crippen LogP contribution in [0.2, 0.25) is 0 Å². The zero-order chi connectivity index (χ0) is 9.52. The summed E-state index contributed by atoms with van der Waals surface area (Å²) in [5, 5.41) is 0. The predicted octanol–water partition coefficient (Wildman–Crippen LogP) is 1.78. The molecule has 1 rings (SSSR count). The summed E-state index contributed by atoms with van der Waals surface area (Å²) < 4.78 is 0. The Labute approximate surface area is 77.6 Å². The number of aldehydes is 1. The third-order valence-corrected chi connectivity index (χ3v) is 1.85. The summed E-state index contributed by atoms with van der Waals surface area (Å²) in [6.07, 6.45) is 1.90.